The molecule has 1 heterocycles. The van der Waals surface area contributed by atoms with Gasteiger partial charge >= 0.3 is 0 Å². The average molecular weight is 245 g/mol. The molecule has 2 aliphatic rings. The molecule has 18 heavy (non-hydrogen) atoms. The van der Waals surface area contributed by atoms with Crippen LogP contribution in [0.5, 0.6) is 0 Å². The van der Waals surface area contributed by atoms with Gasteiger partial charge in [0.25, 0.3) is 0 Å². The zero-order valence-corrected chi connectivity index (χ0v) is 10.4. The first-order valence-corrected chi connectivity index (χ1v) is 6.67. The molecule has 1 aliphatic carbocycles. The Morgan fingerprint density at radius 2 is 2.17 bits per heavy atom. The molecule has 4 nitrogen and oxygen atoms in total. The summed E-state index contributed by atoms with van der Waals surface area (Å²) in [6.07, 6.45) is 4.88. The predicted molar refractivity (Wildman–Crippen MR) is 72.6 cm³/mol. The zero-order valence-electron chi connectivity index (χ0n) is 10.4. The Labute approximate surface area is 107 Å². The number of aryl methyl sites for hydroxylation is 1. The molecule has 0 aromatic heterocycles. The van der Waals surface area contributed by atoms with Crippen molar-refractivity contribution in [2.45, 2.75) is 44.2 Å². The summed E-state index contributed by atoms with van der Waals surface area (Å²) in [7, 11) is 0. The molecular weight excluding hydrogens is 226 g/mol. The molecule has 0 spiro atoms. The minimum absolute atomic E-state index is 0.112. The second-order valence-electron chi connectivity index (χ2n) is 5.27. The Bertz CT molecular complexity index is 472. The molecule has 0 radical (unpaired) electrons. The minimum Gasteiger partial charge on any atom is -0.381 e. The van der Waals surface area contributed by atoms with Gasteiger partial charge < -0.3 is 16.4 Å². The fourth-order valence-corrected chi connectivity index (χ4v) is 2.86. The summed E-state index contributed by atoms with van der Waals surface area (Å²) in [6, 6.07) is 6.80. The molecule has 1 aliphatic heterocycles. The van der Waals surface area contributed by atoms with Gasteiger partial charge in [0, 0.05) is 29.9 Å². The first kappa shape index (κ1) is 11.5. The maximum atomic E-state index is 11.3. The number of carbonyl (C=O) groups excluding carboxylic acids is 1. The summed E-state index contributed by atoms with van der Waals surface area (Å²) in [4.78, 5) is 11.3. The molecule has 2 atom stereocenters. The highest BCUT2D eigenvalue weighted by atomic mass is 16.1. The second-order valence-corrected chi connectivity index (χ2v) is 5.27. The molecular formula is C14H19N3O. The lowest BCUT2D eigenvalue weighted by molar-refractivity contribution is -0.116. The van der Waals surface area contributed by atoms with E-state index in [9.17, 15) is 4.79 Å². The monoisotopic (exact) mass is 245 g/mol. The lowest BCUT2D eigenvalue weighted by Gasteiger charge is -2.21. The molecule has 2 unspecified atom stereocenters. The van der Waals surface area contributed by atoms with Crippen LogP contribution in [0.1, 0.15) is 31.2 Å². The van der Waals surface area contributed by atoms with Gasteiger partial charge in [-0.15, -0.1) is 0 Å². The van der Waals surface area contributed by atoms with Gasteiger partial charge in [0.2, 0.25) is 5.91 Å². The van der Waals surface area contributed by atoms with Crippen LogP contribution in [-0.4, -0.2) is 18.0 Å². The van der Waals surface area contributed by atoms with Gasteiger partial charge in [0.15, 0.2) is 0 Å². The summed E-state index contributed by atoms with van der Waals surface area (Å²) in [5.41, 5.74) is 9.35. The molecule has 1 aromatic rings. The van der Waals surface area contributed by atoms with E-state index in [0.717, 1.165) is 30.6 Å². The number of hydrogen-bond acceptors (Lipinski definition) is 3. The zero-order chi connectivity index (χ0) is 12.5. The number of amides is 1. The van der Waals surface area contributed by atoms with E-state index in [2.05, 4.69) is 16.7 Å². The van der Waals surface area contributed by atoms with Crippen molar-refractivity contribution in [3.8, 4) is 0 Å². The first-order chi connectivity index (χ1) is 8.72. The summed E-state index contributed by atoms with van der Waals surface area (Å²) in [6.45, 7) is 0. The smallest absolute Gasteiger partial charge is 0.224 e. The van der Waals surface area contributed by atoms with Crippen LogP contribution in [0.3, 0.4) is 0 Å². The Hall–Kier alpha value is -1.55. The molecule has 1 amide bonds. The summed E-state index contributed by atoms with van der Waals surface area (Å²) < 4.78 is 0. The summed E-state index contributed by atoms with van der Waals surface area (Å²) >= 11 is 0. The van der Waals surface area contributed by atoms with Gasteiger partial charge in [-0.3, -0.25) is 4.79 Å². The molecule has 4 N–H and O–H groups in total. The first-order valence-electron chi connectivity index (χ1n) is 6.67. The number of anilines is 2. The summed E-state index contributed by atoms with van der Waals surface area (Å²) in [5.74, 6) is 0.112. The van der Waals surface area contributed by atoms with Crippen molar-refractivity contribution in [2.75, 3.05) is 10.6 Å². The van der Waals surface area contributed by atoms with Gasteiger partial charge in [-0.25, -0.2) is 0 Å². The molecule has 1 aromatic carbocycles. The van der Waals surface area contributed by atoms with Crippen LogP contribution in [0.15, 0.2) is 18.2 Å². The highest BCUT2D eigenvalue weighted by Gasteiger charge is 2.24. The average Bonchev–Trinajstić information content (AvgIpc) is 2.75. The Balaban J connectivity index is 1.76. The van der Waals surface area contributed by atoms with Crippen molar-refractivity contribution in [3.05, 3.63) is 23.8 Å². The number of nitrogens with two attached hydrogens (primary N) is 1. The second kappa shape index (κ2) is 4.61. The van der Waals surface area contributed by atoms with Crippen LogP contribution in [0.4, 0.5) is 11.4 Å². The van der Waals surface area contributed by atoms with Gasteiger partial charge in [-0.1, -0.05) is 0 Å². The molecule has 1 fully saturated rings. The molecule has 4 heteroatoms. The van der Waals surface area contributed by atoms with E-state index in [1.54, 1.807) is 0 Å². The third-order valence-electron chi connectivity index (χ3n) is 3.92. The van der Waals surface area contributed by atoms with Crippen LogP contribution in [0.25, 0.3) is 0 Å². The standard InChI is InChI=1S/C14H19N3O/c15-11-2-1-3-13(11)16-10-5-6-12-9(8-10)4-7-14(18)17-12/h5-6,8,11,13,16H,1-4,7,15H2,(H,17,18). The normalized spacial score (nSPS) is 26.6. The molecule has 1 saturated carbocycles. The van der Waals surface area contributed by atoms with E-state index < -0.39 is 0 Å². The van der Waals surface area contributed by atoms with Gasteiger partial charge in [0.05, 0.1) is 0 Å². The third kappa shape index (κ3) is 2.20. The van der Waals surface area contributed by atoms with Gasteiger partial charge in [0.1, 0.15) is 0 Å². The largest absolute Gasteiger partial charge is 0.381 e. The maximum absolute atomic E-state index is 11.3. The SMILES string of the molecule is NC1CCCC1Nc1ccc2c(c1)CCC(=O)N2. The van der Waals surface area contributed by atoms with Gasteiger partial charge in [-0.05, 0) is 49.4 Å². The highest BCUT2D eigenvalue weighted by molar-refractivity contribution is 5.94. The van der Waals surface area contributed by atoms with Crippen molar-refractivity contribution >= 4 is 17.3 Å². The molecule has 96 valence electrons. The number of carbonyl (C=O) groups is 1. The minimum atomic E-state index is 0.112. The van der Waals surface area contributed by atoms with Crippen molar-refractivity contribution in [1.29, 1.82) is 0 Å². The predicted octanol–water partition coefficient (Wildman–Crippen LogP) is 1.86. The number of benzene rings is 1. The van der Waals surface area contributed by atoms with Gasteiger partial charge in [-0.2, -0.15) is 0 Å². The van der Waals surface area contributed by atoms with E-state index >= 15 is 0 Å². The Kier molecular flexibility index (Phi) is 2.96. The number of nitrogens with one attached hydrogen (secondary N) is 2. The molecule has 0 saturated heterocycles. The lowest BCUT2D eigenvalue weighted by Crippen LogP contribution is -2.35. The summed E-state index contributed by atoms with van der Waals surface area (Å²) in [5, 5.41) is 6.41. The topological polar surface area (TPSA) is 67.1 Å². The van der Waals surface area contributed by atoms with E-state index in [1.165, 1.54) is 12.0 Å². The fraction of sp³-hybridized carbons (Fsp3) is 0.500. The molecule has 3 rings (SSSR count). The van der Waals surface area contributed by atoms with E-state index in [4.69, 9.17) is 5.73 Å². The van der Waals surface area contributed by atoms with Crippen LogP contribution in [0, 0.1) is 0 Å². The lowest BCUT2D eigenvalue weighted by atomic mass is 10.0. The molecule has 0 bridgehead atoms. The highest BCUT2D eigenvalue weighted by Crippen LogP contribution is 2.28. The van der Waals surface area contributed by atoms with Crippen LogP contribution >= 0.6 is 0 Å². The number of hydrogen-bond donors (Lipinski definition) is 3. The van der Waals surface area contributed by atoms with Crippen LogP contribution in [-0.2, 0) is 11.2 Å². The van der Waals surface area contributed by atoms with Crippen molar-refractivity contribution in [2.24, 2.45) is 5.73 Å². The Morgan fingerprint density at radius 1 is 1.28 bits per heavy atom. The van der Waals surface area contributed by atoms with Crippen molar-refractivity contribution in [3.63, 3.8) is 0 Å². The third-order valence-corrected chi connectivity index (χ3v) is 3.92. The number of rotatable bonds is 2. The van der Waals surface area contributed by atoms with Crippen molar-refractivity contribution in [1.82, 2.24) is 0 Å². The number of fused-ring (bicyclic) bond motifs is 1. The van der Waals surface area contributed by atoms with E-state index in [-0.39, 0.29) is 11.9 Å². The van der Waals surface area contributed by atoms with Crippen molar-refractivity contribution < 1.29 is 4.79 Å². The quantitative estimate of drug-likeness (QED) is 0.745. The van der Waals surface area contributed by atoms with Crippen LogP contribution in [0.2, 0.25) is 0 Å². The van der Waals surface area contributed by atoms with E-state index in [1.807, 2.05) is 12.1 Å². The maximum Gasteiger partial charge on any atom is 0.224 e. The van der Waals surface area contributed by atoms with Crippen LogP contribution < -0.4 is 16.4 Å². The Morgan fingerprint density at radius 3 is 2.94 bits per heavy atom. The van der Waals surface area contributed by atoms with E-state index in [0.29, 0.717) is 12.5 Å². The fourth-order valence-electron chi connectivity index (χ4n) is 2.86.